The normalized spacial score (nSPS) is 10.5. The van der Waals surface area contributed by atoms with Crippen molar-refractivity contribution in [2.24, 2.45) is 0 Å². The van der Waals surface area contributed by atoms with Gasteiger partial charge in [0.1, 0.15) is 11.6 Å². The maximum absolute atomic E-state index is 13.4. The van der Waals surface area contributed by atoms with Crippen molar-refractivity contribution in [3.8, 4) is 23.0 Å². The van der Waals surface area contributed by atoms with Crippen LogP contribution in [0.3, 0.4) is 0 Å². The molecule has 0 radical (unpaired) electrons. The summed E-state index contributed by atoms with van der Waals surface area (Å²) >= 11 is 0. The van der Waals surface area contributed by atoms with Crippen LogP contribution in [-0.2, 0) is 0 Å². The Hall–Kier alpha value is -4.13. The van der Waals surface area contributed by atoms with Crippen LogP contribution in [0.4, 0.5) is 10.1 Å². The van der Waals surface area contributed by atoms with Crippen LogP contribution in [0.15, 0.2) is 79.3 Å². The highest BCUT2D eigenvalue weighted by Crippen LogP contribution is 2.27. The number of carbonyl (C=O) groups excluding carboxylic acids is 1. The van der Waals surface area contributed by atoms with Gasteiger partial charge in [0.2, 0.25) is 0 Å². The first-order chi connectivity index (χ1) is 14.6. The average molecular weight is 400 g/mol. The molecule has 1 amide bonds. The monoisotopic (exact) mass is 400 g/mol. The molecule has 0 aliphatic carbocycles. The van der Waals surface area contributed by atoms with Gasteiger partial charge in [-0.15, -0.1) is 0 Å². The lowest BCUT2D eigenvalue weighted by Crippen LogP contribution is -2.12. The minimum Gasteiger partial charge on any atom is -0.424 e. The molecule has 4 rings (SSSR count). The van der Waals surface area contributed by atoms with Crippen molar-refractivity contribution in [2.75, 3.05) is 5.32 Å². The number of hydrogen-bond acceptors (Lipinski definition) is 5. The fraction of sp³-hybridized carbons (Fsp3) is 0.0435. The van der Waals surface area contributed by atoms with Gasteiger partial charge in [-0.2, -0.15) is 4.98 Å². The topological polar surface area (TPSA) is 77.0 Å². The van der Waals surface area contributed by atoms with Gasteiger partial charge in [-0.05, 0) is 55.0 Å². The van der Waals surface area contributed by atoms with Crippen LogP contribution in [0.1, 0.15) is 15.9 Å². The molecule has 1 N–H and O–H groups in total. The summed E-state index contributed by atoms with van der Waals surface area (Å²) < 4.78 is 19.2. The first-order valence-electron chi connectivity index (χ1n) is 9.17. The standard InChI is InChI=1S/C23H17FN4O2/c1-15-7-8-19(27-22(29)16-4-2-6-18(24)12-16)13-21(15)30-23-26-11-9-20(28-23)17-5-3-10-25-14-17/h2-14H,1H3,(H,27,29). The van der Waals surface area contributed by atoms with E-state index in [0.29, 0.717) is 17.1 Å². The molecule has 6 nitrogen and oxygen atoms in total. The molecule has 30 heavy (non-hydrogen) atoms. The lowest BCUT2D eigenvalue weighted by atomic mass is 10.1. The van der Waals surface area contributed by atoms with Gasteiger partial charge in [-0.3, -0.25) is 9.78 Å². The Bertz CT molecular complexity index is 1200. The lowest BCUT2D eigenvalue weighted by molar-refractivity contribution is 0.102. The molecule has 0 aliphatic heterocycles. The second-order valence-corrected chi connectivity index (χ2v) is 6.51. The molecule has 0 aliphatic rings. The number of amides is 1. The van der Waals surface area contributed by atoms with Gasteiger partial charge in [0.05, 0.1) is 5.69 Å². The van der Waals surface area contributed by atoms with Crippen LogP contribution < -0.4 is 10.1 Å². The van der Waals surface area contributed by atoms with Crippen LogP contribution in [0, 0.1) is 12.7 Å². The summed E-state index contributed by atoms with van der Waals surface area (Å²) in [5.41, 5.74) is 3.10. The molecule has 4 aromatic rings. The largest absolute Gasteiger partial charge is 0.424 e. The van der Waals surface area contributed by atoms with E-state index >= 15 is 0 Å². The number of rotatable bonds is 5. The second-order valence-electron chi connectivity index (χ2n) is 6.51. The maximum atomic E-state index is 13.4. The first-order valence-corrected chi connectivity index (χ1v) is 9.17. The molecule has 0 unspecified atom stereocenters. The van der Waals surface area contributed by atoms with Gasteiger partial charge in [-0.1, -0.05) is 12.1 Å². The van der Waals surface area contributed by atoms with E-state index in [1.54, 1.807) is 42.9 Å². The smallest absolute Gasteiger partial charge is 0.322 e. The maximum Gasteiger partial charge on any atom is 0.322 e. The zero-order valence-corrected chi connectivity index (χ0v) is 16.0. The highest BCUT2D eigenvalue weighted by atomic mass is 19.1. The number of anilines is 1. The van der Waals surface area contributed by atoms with Crippen LogP contribution in [-0.4, -0.2) is 20.9 Å². The van der Waals surface area contributed by atoms with Crippen molar-refractivity contribution in [3.63, 3.8) is 0 Å². The molecule has 0 atom stereocenters. The molecule has 7 heteroatoms. The number of halogens is 1. The van der Waals surface area contributed by atoms with E-state index in [1.807, 2.05) is 25.1 Å². The van der Waals surface area contributed by atoms with Crippen molar-refractivity contribution >= 4 is 11.6 Å². The van der Waals surface area contributed by atoms with Crippen molar-refractivity contribution in [1.82, 2.24) is 15.0 Å². The number of nitrogens with one attached hydrogen (secondary N) is 1. The predicted octanol–water partition coefficient (Wildman–Crippen LogP) is 5.03. The van der Waals surface area contributed by atoms with E-state index in [1.165, 1.54) is 18.2 Å². The van der Waals surface area contributed by atoms with Crippen molar-refractivity contribution < 1.29 is 13.9 Å². The van der Waals surface area contributed by atoms with Gasteiger partial charge in [0.25, 0.3) is 5.91 Å². The predicted molar refractivity (Wildman–Crippen MR) is 111 cm³/mol. The molecule has 0 spiro atoms. The second kappa shape index (κ2) is 8.48. The SMILES string of the molecule is Cc1ccc(NC(=O)c2cccc(F)c2)cc1Oc1nccc(-c2cccnc2)n1. The lowest BCUT2D eigenvalue weighted by Gasteiger charge is -2.11. The van der Waals surface area contributed by atoms with E-state index in [2.05, 4.69) is 20.3 Å². The molecule has 148 valence electrons. The van der Waals surface area contributed by atoms with Crippen LogP contribution in [0.5, 0.6) is 11.8 Å². The zero-order chi connectivity index (χ0) is 20.9. The van der Waals surface area contributed by atoms with Crippen LogP contribution in [0.25, 0.3) is 11.3 Å². The van der Waals surface area contributed by atoms with E-state index in [4.69, 9.17) is 4.74 Å². The third-order valence-electron chi connectivity index (χ3n) is 4.32. The number of pyridine rings is 1. The summed E-state index contributed by atoms with van der Waals surface area (Å²) in [5.74, 6) is -0.393. The van der Waals surface area contributed by atoms with Gasteiger partial charge >= 0.3 is 6.01 Å². The van der Waals surface area contributed by atoms with Gasteiger partial charge in [-0.25, -0.2) is 9.37 Å². The Labute approximate surface area is 172 Å². The Morgan fingerprint density at radius 3 is 2.73 bits per heavy atom. The van der Waals surface area contributed by atoms with E-state index in [9.17, 15) is 9.18 Å². The van der Waals surface area contributed by atoms with Crippen LogP contribution in [0.2, 0.25) is 0 Å². The van der Waals surface area contributed by atoms with E-state index in [0.717, 1.165) is 11.1 Å². The molecule has 2 aromatic heterocycles. The highest BCUT2D eigenvalue weighted by molar-refractivity contribution is 6.04. The molecule has 2 aromatic carbocycles. The molecule has 0 saturated heterocycles. The molecular weight excluding hydrogens is 383 g/mol. The number of aryl methyl sites for hydroxylation is 1. The minimum absolute atomic E-state index is 0.174. The van der Waals surface area contributed by atoms with E-state index < -0.39 is 11.7 Å². The summed E-state index contributed by atoms with van der Waals surface area (Å²) in [6.45, 7) is 1.87. The Morgan fingerprint density at radius 1 is 1.03 bits per heavy atom. The van der Waals surface area contributed by atoms with Crippen LogP contribution >= 0.6 is 0 Å². The zero-order valence-electron chi connectivity index (χ0n) is 16.0. The average Bonchev–Trinajstić information content (AvgIpc) is 2.77. The van der Waals surface area contributed by atoms with E-state index in [-0.39, 0.29) is 11.6 Å². The fourth-order valence-corrected chi connectivity index (χ4v) is 2.78. The Balaban J connectivity index is 1.55. The number of ether oxygens (including phenoxy) is 1. The molecule has 0 bridgehead atoms. The third-order valence-corrected chi connectivity index (χ3v) is 4.32. The van der Waals surface area contributed by atoms with Crippen molar-refractivity contribution in [2.45, 2.75) is 6.92 Å². The summed E-state index contributed by atoms with van der Waals surface area (Å²) in [4.78, 5) is 25.1. The Kier molecular flexibility index (Phi) is 5.43. The van der Waals surface area contributed by atoms with Crippen molar-refractivity contribution in [3.05, 3.63) is 96.2 Å². The number of carbonyl (C=O) groups is 1. The summed E-state index contributed by atoms with van der Waals surface area (Å²) in [7, 11) is 0. The van der Waals surface area contributed by atoms with Gasteiger partial charge < -0.3 is 10.1 Å². The number of nitrogens with zero attached hydrogens (tertiary/aromatic N) is 3. The summed E-state index contributed by atoms with van der Waals surface area (Å²) in [5, 5.41) is 2.74. The first kappa shape index (κ1) is 19.2. The van der Waals surface area contributed by atoms with Gasteiger partial charge in [0, 0.05) is 41.5 Å². The minimum atomic E-state index is -0.471. The summed E-state index contributed by atoms with van der Waals surface area (Å²) in [6, 6.07) is 16.4. The quantitative estimate of drug-likeness (QED) is 0.508. The van der Waals surface area contributed by atoms with Gasteiger partial charge in [0.15, 0.2) is 0 Å². The molecular formula is C23H17FN4O2. The number of hydrogen-bond donors (Lipinski definition) is 1. The molecule has 2 heterocycles. The Morgan fingerprint density at radius 2 is 1.93 bits per heavy atom. The highest BCUT2D eigenvalue weighted by Gasteiger charge is 2.11. The molecule has 0 saturated carbocycles. The fourth-order valence-electron chi connectivity index (χ4n) is 2.78. The number of aromatic nitrogens is 3. The molecule has 0 fully saturated rings. The van der Waals surface area contributed by atoms with Crippen molar-refractivity contribution in [1.29, 1.82) is 0 Å². The number of benzene rings is 2. The summed E-state index contributed by atoms with van der Waals surface area (Å²) in [6.07, 6.45) is 5.00. The third kappa shape index (κ3) is 4.47.